The lowest BCUT2D eigenvalue weighted by molar-refractivity contribution is 0.275. The molecule has 1 saturated carbocycles. The van der Waals surface area contributed by atoms with E-state index in [4.69, 9.17) is 10.2 Å². The van der Waals surface area contributed by atoms with Crippen molar-refractivity contribution in [2.24, 2.45) is 0 Å². The third-order valence-corrected chi connectivity index (χ3v) is 3.27. The van der Waals surface area contributed by atoms with E-state index in [1.807, 2.05) is 6.07 Å². The van der Waals surface area contributed by atoms with E-state index >= 15 is 0 Å². The third-order valence-electron chi connectivity index (χ3n) is 3.27. The van der Waals surface area contributed by atoms with Crippen molar-refractivity contribution in [2.75, 3.05) is 18.1 Å². The Labute approximate surface area is 101 Å². The zero-order chi connectivity index (χ0) is 12.1. The molecule has 0 radical (unpaired) electrons. The van der Waals surface area contributed by atoms with E-state index in [1.165, 1.54) is 12.8 Å². The fraction of sp³-hybridized carbons (Fsp3) is 0.667. The van der Waals surface area contributed by atoms with Gasteiger partial charge in [0.05, 0.1) is 18.9 Å². The number of aliphatic hydroxyl groups is 2. The minimum absolute atomic E-state index is 0.0866. The Morgan fingerprint density at radius 2 is 1.94 bits per heavy atom. The number of nitrogens with zero attached hydrogens (tertiary/aromatic N) is 3. The van der Waals surface area contributed by atoms with Gasteiger partial charge in [-0.2, -0.15) is 5.10 Å². The van der Waals surface area contributed by atoms with Gasteiger partial charge in [0.15, 0.2) is 5.82 Å². The van der Waals surface area contributed by atoms with Crippen molar-refractivity contribution >= 4 is 5.82 Å². The summed E-state index contributed by atoms with van der Waals surface area (Å²) in [7, 11) is 0. The summed E-state index contributed by atoms with van der Waals surface area (Å²) in [5.41, 5.74) is 0.573. The Hall–Kier alpha value is -1.20. The first-order valence-electron chi connectivity index (χ1n) is 6.16. The summed E-state index contributed by atoms with van der Waals surface area (Å²) in [6, 6.07) is 4.12. The van der Waals surface area contributed by atoms with Crippen LogP contribution in [0.1, 0.15) is 31.4 Å². The molecule has 1 aliphatic rings. The predicted octanol–water partition coefficient (Wildman–Crippen LogP) is 0.710. The van der Waals surface area contributed by atoms with Crippen LogP contribution in [-0.2, 0) is 6.61 Å². The molecule has 0 aliphatic heterocycles. The summed E-state index contributed by atoms with van der Waals surface area (Å²) in [6.45, 7) is 0.633. The average Bonchev–Trinajstić information content (AvgIpc) is 2.90. The van der Waals surface area contributed by atoms with E-state index < -0.39 is 0 Å². The molecular weight excluding hydrogens is 218 g/mol. The molecule has 0 unspecified atom stereocenters. The Balaban J connectivity index is 2.12. The van der Waals surface area contributed by atoms with Gasteiger partial charge in [-0.15, -0.1) is 5.10 Å². The molecule has 0 saturated heterocycles. The zero-order valence-corrected chi connectivity index (χ0v) is 9.92. The average molecular weight is 237 g/mol. The quantitative estimate of drug-likeness (QED) is 0.789. The first-order chi connectivity index (χ1) is 8.35. The number of rotatable bonds is 5. The first kappa shape index (κ1) is 12.3. The van der Waals surface area contributed by atoms with Gasteiger partial charge < -0.3 is 15.1 Å². The van der Waals surface area contributed by atoms with Crippen molar-refractivity contribution in [3.05, 3.63) is 17.8 Å². The van der Waals surface area contributed by atoms with Crippen LogP contribution in [0.15, 0.2) is 12.1 Å². The predicted molar refractivity (Wildman–Crippen MR) is 64.6 cm³/mol. The highest BCUT2D eigenvalue weighted by Crippen LogP contribution is 2.26. The maximum Gasteiger partial charge on any atom is 0.151 e. The molecule has 0 aromatic carbocycles. The van der Waals surface area contributed by atoms with Gasteiger partial charge in [0.1, 0.15) is 0 Å². The van der Waals surface area contributed by atoms with Crippen molar-refractivity contribution in [3.63, 3.8) is 0 Å². The monoisotopic (exact) mass is 237 g/mol. The highest BCUT2D eigenvalue weighted by Gasteiger charge is 2.23. The lowest BCUT2D eigenvalue weighted by atomic mass is 10.2. The zero-order valence-electron chi connectivity index (χ0n) is 9.92. The highest BCUT2D eigenvalue weighted by molar-refractivity contribution is 5.39. The number of aromatic nitrogens is 2. The maximum absolute atomic E-state index is 9.13. The lowest BCUT2D eigenvalue weighted by Crippen LogP contribution is -2.36. The summed E-state index contributed by atoms with van der Waals surface area (Å²) in [6.07, 6.45) is 4.80. The number of hydrogen-bond acceptors (Lipinski definition) is 5. The summed E-state index contributed by atoms with van der Waals surface area (Å²) in [4.78, 5) is 2.13. The molecule has 0 spiro atoms. The number of aliphatic hydroxyl groups excluding tert-OH is 2. The van der Waals surface area contributed by atoms with Crippen LogP contribution in [0.2, 0.25) is 0 Å². The second kappa shape index (κ2) is 5.93. The molecular formula is C12H19N3O2. The third kappa shape index (κ3) is 2.92. The molecule has 1 heterocycles. The molecule has 2 N–H and O–H groups in total. The summed E-state index contributed by atoms with van der Waals surface area (Å²) in [5, 5.41) is 26.1. The molecule has 1 aliphatic carbocycles. The maximum atomic E-state index is 9.13. The molecule has 94 valence electrons. The molecule has 0 amide bonds. The largest absolute Gasteiger partial charge is 0.395 e. The van der Waals surface area contributed by atoms with Gasteiger partial charge >= 0.3 is 0 Å². The van der Waals surface area contributed by atoms with Gasteiger partial charge in [-0.1, -0.05) is 12.8 Å². The van der Waals surface area contributed by atoms with Gasteiger partial charge in [0.25, 0.3) is 0 Å². The molecule has 1 aromatic rings. The van der Waals surface area contributed by atoms with Crippen molar-refractivity contribution in [1.29, 1.82) is 0 Å². The Kier molecular flexibility index (Phi) is 4.28. The smallest absolute Gasteiger partial charge is 0.151 e. The van der Waals surface area contributed by atoms with Gasteiger partial charge in [0, 0.05) is 12.6 Å². The van der Waals surface area contributed by atoms with Crippen LogP contribution in [0, 0.1) is 0 Å². The Bertz CT molecular complexity index is 336. The second-order valence-electron chi connectivity index (χ2n) is 4.40. The molecule has 1 fully saturated rings. The molecule has 5 heteroatoms. The van der Waals surface area contributed by atoms with Crippen LogP contribution in [0.25, 0.3) is 0 Å². The summed E-state index contributed by atoms with van der Waals surface area (Å²) >= 11 is 0. The van der Waals surface area contributed by atoms with E-state index in [1.54, 1.807) is 6.07 Å². The van der Waals surface area contributed by atoms with Gasteiger partial charge in [0.2, 0.25) is 0 Å². The van der Waals surface area contributed by atoms with E-state index in [-0.39, 0.29) is 13.2 Å². The minimum atomic E-state index is -0.0866. The van der Waals surface area contributed by atoms with Crippen molar-refractivity contribution in [1.82, 2.24) is 10.2 Å². The van der Waals surface area contributed by atoms with Crippen molar-refractivity contribution in [2.45, 2.75) is 38.3 Å². The van der Waals surface area contributed by atoms with Gasteiger partial charge in [-0.3, -0.25) is 0 Å². The van der Waals surface area contributed by atoms with Crippen molar-refractivity contribution in [3.8, 4) is 0 Å². The molecule has 5 nitrogen and oxygen atoms in total. The normalized spacial score (nSPS) is 16.4. The SMILES string of the molecule is OCCN(c1ccc(CO)nn1)C1CCCC1. The molecule has 0 bridgehead atoms. The standard InChI is InChI=1S/C12H19N3O2/c16-8-7-15(11-3-1-2-4-11)12-6-5-10(9-17)13-14-12/h5-6,11,16-17H,1-4,7-9H2. The fourth-order valence-corrected chi connectivity index (χ4v) is 2.40. The van der Waals surface area contributed by atoms with Crippen molar-refractivity contribution < 1.29 is 10.2 Å². The number of hydrogen-bond donors (Lipinski definition) is 2. The summed E-state index contributed by atoms with van der Waals surface area (Å²) in [5.74, 6) is 0.795. The van der Waals surface area contributed by atoms with E-state index in [2.05, 4.69) is 15.1 Å². The first-order valence-corrected chi connectivity index (χ1v) is 6.16. The van der Waals surface area contributed by atoms with E-state index in [0.29, 0.717) is 18.3 Å². The Morgan fingerprint density at radius 3 is 2.47 bits per heavy atom. The van der Waals surface area contributed by atoms with Crippen LogP contribution in [0.5, 0.6) is 0 Å². The van der Waals surface area contributed by atoms with Gasteiger partial charge in [-0.05, 0) is 25.0 Å². The summed E-state index contributed by atoms with van der Waals surface area (Å²) < 4.78 is 0. The van der Waals surface area contributed by atoms with E-state index in [9.17, 15) is 0 Å². The van der Waals surface area contributed by atoms with E-state index in [0.717, 1.165) is 18.7 Å². The van der Waals surface area contributed by atoms with Crippen LogP contribution in [0.3, 0.4) is 0 Å². The topological polar surface area (TPSA) is 69.5 Å². The van der Waals surface area contributed by atoms with Crippen LogP contribution in [0.4, 0.5) is 5.82 Å². The second-order valence-corrected chi connectivity index (χ2v) is 4.40. The number of anilines is 1. The van der Waals surface area contributed by atoms with Crippen LogP contribution in [-0.4, -0.2) is 39.6 Å². The molecule has 2 rings (SSSR count). The Morgan fingerprint density at radius 1 is 1.18 bits per heavy atom. The van der Waals surface area contributed by atoms with Crippen LogP contribution >= 0.6 is 0 Å². The minimum Gasteiger partial charge on any atom is -0.395 e. The molecule has 0 atom stereocenters. The molecule has 1 aromatic heterocycles. The lowest BCUT2D eigenvalue weighted by Gasteiger charge is -2.28. The fourth-order valence-electron chi connectivity index (χ4n) is 2.40. The van der Waals surface area contributed by atoms with Crippen LogP contribution < -0.4 is 4.90 Å². The van der Waals surface area contributed by atoms with Gasteiger partial charge in [-0.25, -0.2) is 0 Å². The molecule has 17 heavy (non-hydrogen) atoms. The highest BCUT2D eigenvalue weighted by atomic mass is 16.3.